The molecule has 2 rings (SSSR count). The first kappa shape index (κ1) is 21.4. The average Bonchev–Trinajstić information content (AvgIpc) is 2.65. The SMILES string of the molecule is CC(C)(C)c1ccc(S(=O)(=O)N2CCN(C[C@H](C#N)CCC#N)CC2)cc1. The van der Waals surface area contributed by atoms with E-state index in [1.165, 1.54) is 4.31 Å². The number of hydrogen-bond acceptors (Lipinski definition) is 5. The number of sulfonamides is 1. The Morgan fingerprint density at radius 1 is 1.07 bits per heavy atom. The second kappa shape index (κ2) is 8.84. The van der Waals surface area contributed by atoms with Gasteiger partial charge in [0.05, 0.1) is 23.0 Å². The van der Waals surface area contributed by atoms with Gasteiger partial charge in [-0.1, -0.05) is 32.9 Å². The van der Waals surface area contributed by atoms with Crippen LogP contribution in [0.2, 0.25) is 0 Å². The fourth-order valence-corrected chi connectivity index (χ4v) is 4.60. The van der Waals surface area contributed by atoms with E-state index in [1.54, 1.807) is 12.1 Å². The van der Waals surface area contributed by atoms with Crippen LogP contribution in [0.25, 0.3) is 0 Å². The van der Waals surface area contributed by atoms with Crippen LogP contribution in [0.1, 0.15) is 39.2 Å². The van der Waals surface area contributed by atoms with Crippen molar-refractivity contribution in [3.63, 3.8) is 0 Å². The smallest absolute Gasteiger partial charge is 0.243 e. The van der Waals surface area contributed by atoms with E-state index < -0.39 is 10.0 Å². The van der Waals surface area contributed by atoms with Crippen molar-refractivity contribution in [3.05, 3.63) is 29.8 Å². The van der Waals surface area contributed by atoms with Crippen LogP contribution < -0.4 is 0 Å². The second-order valence-corrected chi connectivity index (χ2v) is 9.94. The van der Waals surface area contributed by atoms with Gasteiger partial charge < -0.3 is 0 Å². The topological polar surface area (TPSA) is 88.2 Å². The molecule has 0 aliphatic carbocycles. The van der Waals surface area contributed by atoms with Crippen molar-refractivity contribution in [3.8, 4) is 12.1 Å². The predicted molar refractivity (Wildman–Crippen MR) is 104 cm³/mol. The van der Waals surface area contributed by atoms with Gasteiger partial charge in [-0.15, -0.1) is 0 Å². The van der Waals surface area contributed by atoms with Gasteiger partial charge >= 0.3 is 0 Å². The van der Waals surface area contributed by atoms with Gasteiger partial charge in [-0.25, -0.2) is 8.42 Å². The largest absolute Gasteiger partial charge is 0.299 e. The minimum absolute atomic E-state index is 0.0171. The zero-order valence-corrected chi connectivity index (χ0v) is 17.2. The van der Waals surface area contributed by atoms with E-state index in [0.29, 0.717) is 50.5 Å². The number of hydrogen-bond donors (Lipinski definition) is 0. The molecule has 0 spiro atoms. The summed E-state index contributed by atoms with van der Waals surface area (Å²) in [5, 5.41) is 17.9. The molecular weight excluding hydrogens is 360 g/mol. The van der Waals surface area contributed by atoms with E-state index in [0.717, 1.165) is 5.56 Å². The lowest BCUT2D eigenvalue weighted by molar-refractivity contribution is 0.173. The Labute approximate surface area is 163 Å². The van der Waals surface area contributed by atoms with Gasteiger partial charge in [-0.05, 0) is 29.5 Å². The van der Waals surface area contributed by atoms with Crippen LogP contribution in [0, 0.1) is 28.6 Å². The van der Waals surface area contributed by atoms with Crippen LogP contribution in [0.4, 0.5) is 0 Å². The zero-order valence-electron chi connectivity index (χ0n) is 16.4. The lowest BCUT2D eigenvalue weighted by Crippen LogP contribution is -2.49. The van der Waals surface area contributed by atoms with Gasteiger partial charge in [0.2, 0.25) is 10.0 Å². The first-order chi connectivity index (χ1) is 12.7. The maximum atomic E-state index is 12.9. The van der Waals surface area contributed by atoms with E-state index in [4.69, 9.17) is 5.26 Å². The summed E-state index contributed by atoms with van der Waals surface area (Å²) >= 11 is 0. The Hall–Kier alpha value is -1.93. The molecule has 1 aromatic carbocycles. The van der Waals surface area contributed by atoms with Crippen molar-refractivity contribution >= 4 is 10.0 Å². The van der Waals surface area contributed by atoms with Crippen molar-refractivity contribution < 1.29 is 8.42 Å². The molecule has 6 nitrogen and oxygen atoms in total. The summed E-state index contributed by atoms with van der Waals surface area (Å²) in [6, 6.07) is 11.5. The molecule has 0 amide bonds. The third kappa shape index (κ3) is 5.52. The molecule has 0 radical (unpaired) electrons. The summed E-state index contributed by atoms with van der Waals surface area (Å²) in [5.74, 6) is -0.183. The maximum absolute atomic E-state index is 12.9. The van der Waals surface area contributed by atoms with Crippen molar-refractivity contribution in [1.82, 2.24) is 9.21 Å². The Bertz CT molecular complexity index is 806. The van der Waals surface area contributed by atoms with Crippen molar-refractivity contribution in [2.45, 2.75) is 43.9 Å². The summed E-state index contributed by atoms with van der Waals surface area (Å²) < 4.78 is 27.3. The highest BCUT2D eigenvalue weighted by atomic mass is 32.2. The van der Waals surface area contributed by atoms with Crippen LogP contribution in [0.3, 0.4) is 0 Å². The van der Waals surface area contributed by atoms with E-state index >= 15 is 0 Å². The van der Waals surface area contributed by atoms with Crippen molar-refractivity contribution in [2.75, 3.05) is 32.7 Å². The van der Waals surface area contributed by atoms with Crippen molar-refractivity contribution in [1.29, 1.82) is 10.5 Å². The molecule has 0 aromatic heterocycles. The number of piperazine rings is 1. The molecule has 1 aliphatic rings. The Kier molecular flexibility index (Phi) is 7.00. The number of nitrogens with zero attached hydrogens (tertiary/aromatic N) is 4. The molecule has 1 aromatic rings. The van der Waals surface area contributed by atoms with Gasteiger partial charge in [0.15, 0.2) is 0 Å². The minimum atomic E-state index is -3.50. The Morgan fingerprint density at radius 2 is 1.67 bits per heavy atom. The molecule has 27 heavy (non-hydrogen) atoms. The summed E-state index contributed by atoms with van der Waals surface area (Å²) in [6.45, 7) is 8.92. The van der Waals surface area contributed by atoms with Crippen LogP contribution in [-0.2, 0) is 15.4 Å². The second-order valence-electron chi connectivity index (χ2n) is 8.00. The molecule has 1 saturated heterocycles. The molecule has 1 aliphatic heterocycles. The van der Waals surface area contributed by atoms with Crippen molar-refractivity contribution in [2.24, 2.45) is 5.92 Å². The lowest BCUT2D eigenvalue weighted by atomic mass is 9.87. The van der Waals surface area contributed by atoms with E-state index in [-0.39, 0.29) is 11.3 Å². The van der Waals surface area contributed by atoms with Gasteiger partial charge in [0.25, 0.3) is 0 Å². The van der Waals surface area contributed by atoms with Gasteiger partial charge in [0.1, 0.15) is 0 Å². The molecule has 0 bridgehead atoms. The van der Waals surface area contributed by atoms with Crippen LogP contribution in [0.15, 0.2) is 29.2 Å². The lowest BCUT2D eigenvalue weighted by Gasteiger charge is -2.34. The Morgan fingerprint density at radius 3 is 2.15 bits per heavy atom. The normalized spacial score (nSPS) is 17.8. The summed E-state index contributed by atoms with van der Waals surface area (Å²) in [7, 11) is -3.50. The molecule has 1 heterocycles. The molecule has 0 N–H and O–H groups in total. The third-order valence-corrected chi connectivity index (χ3v) is 6.87. The maximum Gasteiger partial charge on any atom is 0.243 e. The Balaban J connectivity index is 1.98. The highest BCUT2D eigenvalue weighted by molar-refractivity contribution is 7.89. The third-order valence-electron chi connectivity index (χ3n) is 4.96. The molecule has 1 fully saturated rings. The molecule has 146 valence electrons. The van der Waals surface area contributed by atoms with Gasteiger partial charge in [-0.2, -0.15) is 14.8 Å². The highest BCUT2D eigenvalue weighted by Gasteiger charge is 2.29. The minimum Gasteiger partial charge on any atom is -0.299 e. The van der Waals surface area contributed by atoms with Gasteiger partial charge in [-0.3, -0.25) is 4.90 Å². The highest BCUT2D eigenvalue weighted by Crippen LogP contribution is 2.25. The van der Waals surface area contributed by atoms with Crippen LogP contribution in [0.5, 0.6) is 0 Å². The van der Waals surface area contributed by atoms with Crippen LogP contribution >= 0.6 is 0 Å². The molecular formula is C20H28N4O2S. The molecule has 0 unspecified atom stereocenters. The predicted octanol–water partition coefficient (Wildman–Crippen LogP) is 2.73. The van der Waals surface area contributed by atoms with E-state index in [9.17, 15) is 13.7 Å². The standard InChI is InChI=1S/C20H28N4O2S/c1-20(2,3)18-6-8-19(9-7-18)27(25,26)24-13-11-23(12-14-24)16-17(15-22)5-4-10-21/h6-9,17H,4-5,11-14,16H2,1-3H3/t17-/m0/s1. The number of nitriles is 2. The number of benzene rings is 1. The molecule has 1 atom stereocenters. The summed E-state index contributed by atoms with van der Waals surface area (Å²) in [5.41, 5.74) is 1.09. The van der Waals surface area contributed by atoms with E-state index in [1.807, 2.05) is 12.1 Å². The monoisotopic (exact) mass is 388 g/mol. The van der Waals surface area contributed by atoms with E-state index in [2.05, 4.69) is 37.8 Å². The summed E-state index contributed by atoms with van der Waals surface area (Å²) in [4.78, 5) is 2.44. The molecule has 0 saturated carbocycles. The fraction of sp³-hybridized carbons (Fsp3) is 0.600. The molecule has 7 heteroatoms. The first-order valence-corrected chi connectivity index (χ1v) is 10.7. The average molecular weight is 389 g/mol. The first-order valence-electron chi connectivity index (χ1n) is 9.28. The fourth-order valence-electron chi connectivity index (χ4n) is 3.18. The van der Waals surface area contributed by atoms with Gasteiger partial charge in [0, 0.05) is 39.1 Å². The quantitative estimate of drug-likeness (QED) is 0.748. The van der Waals surface area contributed by atoms with Crippen LogP contribution in [-0.4, -0.2) is 50.3 Å². The zero-order chi connectivity index (χ0) is 20.1. The number of rotatable bonds is 6. The summed E-state index contributed by atoms with van der Waals surface area (Å²) in [6.07, 6.45) is 0.933.